The Morgan fingerprint density at radius 2 is 1.46 bits per heavy atom. The molecule has 8 nitrogen and oxygen atoms in total. The third-order valence-corrected chi connectivity index (χ3v) is 6.30. The molecule has 134 valence electrons. The zero-order chi connectivity index (χ0) is 18.4. The number of rotatable bonds is 7. The summed E-state index contributed by atoms with van der Waals surface area (Å²) in [6.45, 7) is -0.964. The molecule has 0 bridgehead atoms. The van der Waals surface area contributed by atoms with Crippen LogP contribution in [-0.4, -0.2) is 59.5 Å². The molecule has 1 aromatic carbocycles. The van der Waals surface area contributed by atoms with E-state index in [1.165, 1.54) is 0 Å². The highest BCUT2D eigenvalue weighted by Crippen LogP contribution is 2.33. The van der Waals surface area contributed by atoms with Gasteiger partial charge < -0.3 is 31.7 Å². The number of benzene rings is 1. The first-order valence-electron chi connectivity index (χ1n) is 6.67. The Morgan fingerprint density at radius 1 is 0.958 bits per heavy atom. The SMILES string of the molecule is Nc1c(I)c(C(=O)NCCO)c(I)c(C(=O)NC(CO)CO)c1I. The lowest BCUT2D eigenvalue weighted by Crippen LogP contribution is -2.41. The Balaban J connectivity index is 3.38. The largest absolute Gasteiger partial charge is 0.397 e. The fourth-order valence-corrected chi connectivity index (χ4v) is 5.89. The van der Waals surface area contributed by atoms with Gasteiger partial charge in [-0.25, -0.2) is 0 Å². The fourth-order valence-electron chi connectivity index (χ4n) is 1.75. The number of halogens is 3. The molecule has 0 aromatic heterocycles. The van der Waals surface area contributed by atoms with E-state index in [2.05, 4.69) is 10.6 Å². The summed E-state index contributed by atoms with van der Waals surface area (Å²) in [5.74, 6) is -0.993. The van der Waals surface area contributed by atoms with Gasteiger partial charge in [0.1, 0.15) is 0 Å². The second-order valence-corrected chi connectivity index (χ2v) is 7.86. The lowest BCUT2D eigenvalue weighted by atomic mass is 10.1. The van der Waals surface area contributed by atoms with Gasteiger partial charge in [0.15, 0.2) is 0 Å². The van der Waals surface area contributed by atoms with Gasteiger partial charge in [-0.1, -0.05) is 0 Å². The topological polar surface area (TPSA) is 145 Å². The third kappa shape index (κ3) is 5.03. The number of aliphatic hydroxyl groups excluding tert-OH is 3. The van der Waals surface area contributed by atoms with Crippen molar-refractivity contribution in [1.82, 2.24) is 10.6 Å². The molecule has 24 heavy (non-hydrogen) atoms. The zero-order valence-electron chi connectivity index (χ0n) is 12.3. The van der Waals surface area contributed by atoms with Gasteiger partial charge in [0.2, 0.25) is 0 Å². The van der Waals surface area contributed by atoms with E-state index >= 15 is 0 Å². The summed E-state index contributed by atoms with van der Waals surface area (Å²) in [4.78, 5) is 24.8. The molecule has 7 N–H and O–H groups in total. The van der Waals surface area contributed by atoms with Gasteiger partial charge >= 0.3 is 0 Å². The molecule has 0 aliphatic carbocycles. The van der Waals surface area contributed by atoms with Crippen LogP contribution in [0.4, 0.5) is 5.69 Å². The van der Waals surface area contributed by atoms with E-state index in [0.717, 1.165) is 0 Å². The van der Waals surface area contributed by atoms with Crippen molar-refractivity contribution in [2.45, 2.75) is 6.04 Å². The van der Waals surface area contributed by atoms with Gasteiger partial charge in [-0.05, 0) is 67.8 Å². The van der Waals surface area contributed by atoms with E-state index in [4.69, 9.17) is 21.1 Å². The third-order valence-electron chi connectivity index (χ3n) is 2.98. The van der Waals surface area contributed by atoms with Gasteiger partial charge in [0.25, 0.3) is 11.8 Å². The number of anilines is 1. The number of carbonyl (C=O) groups is 2. The summed E-state index contributed by atoms with van der Waals surface area (Å²) in [5.41, 5.74) is 6.77. The molecule has 0 radical (unpaired) electrons. The van der Waals surface area contributed by atoms with E-state index < -0.39 is 31.1 Å². The maximum atomic E-state index is 12.5. The van der Waals surface area contributed by atoms with Crippen LogP contribution in [-0.2, 0) is 0 Å². The van der Waals surface area contributed by atoms with E-state index in [0.29, 0.717) is 16.4 Å². The van der Waals surface area contributed by atoms with Crippen LogP contribution in [0.25, 0.3) is 0 Å². The number of amides is 2. The summed E-state index contributed by atoms with van der Waals surface area (Å²) < 4.78 is 1.39. The quantitative estimate of drug-likeness (QED) is 0.176. The van der Waals surface area contributed by atoms with Crippen LogP contribution in [0.3, 0.4) is 0 Å². The van der Waals surface area contributed by atoms with Crippen molar-refractivity contribution in [3.63, 3.8) is 0 Å². The lowest BCUT2D eigenvalue weighted by molar-refractivity contribution is 0.0877. The second-order valence-electron chi connectivity index (χ2n) is 4.62. The van der Waals surface area contributed by atoms with Gasteiger partial charge in [0, 0.05) is 10.1 Å². The number of aliphatic hydroxyl groups is 3. The number of hydrogen-bond donors (Lipinski definition) is 6. The minimum atomic E-state index is -0.809. The summed E-state index contributed by atoms with van der Waals surface area (Å²) in [6, 6.07) is -0.809. The molecule has 0 fully saturated rings. The van der Waals surface area contributed by atoms with Gasteiger partial charge in [-0.15, -0.1) is 0 Å². The first-order chi connectivity index (χ1) is 11.3. The number of nitrogens with two attached hydrogens (primary N) is 1. The zero-order valence-corrected chi connectivity index (χ0v) is 18.7. The molecule has 11 heteroatoms. The van der Waals surface area contributed by atoms with Crippen molar-refractivity contribution in [2.24, 2.45) is 0 Å². The average molecular weight is 675 g/mol. The van der Waals surface area contributed by atoms with Crippen molar-refractivity contribution in [3.05, 3.63) is 21.8 Å². The molecule has 0 heterocycles. The van der Waals surface area contributed by atoms with Crippen molar-refractivity contribution in [3.8, 4) is 0 Å². The molecule has 1 rings (SSSR count). The number of carbonyl (C=O) groups excluding carboxylic acids is 2. The van der Waals surface area contributed by atoms with Crippen LogP contribution in [0, 0.1) is 10.7 Å². The smallest absolute Gasteiger partial charge is 0.253 e. The highest BCUT2D eigenvalue weighted by Gasteiger charge is 2.27. The number of nitrogen functional groups attached to an aromatic ring is 1. The van der Waals surface area contributed by atoms with E-state index in [-0.39, 0.29) is 24.3 Å². The molecular weight excluding hydrogens is 659 g/mol. The van der Waals surface area contributed by atoms with Crippen LogP contribution in [0.15, 0.2) is 0 Å². The van der Waals surface area contributed by atoms with Crippen LogP contribution in [0.2, 0.25) is 0 Å². The average Bonchev–Trinajstić information content (AvgIpc) is 2.55. The molecule has 0 atom stereocenters. The van der Waals surface area contributed by atoms with E-state index in [9.17, 15) is 9.59 Å². The van der Waals surface area contributed by atoms with E-state index in [1.807, 2.05) is 67.8 Å². The highest BCUT2D eigenvalue weighted by atomic mass is 127. The molecule has 0 spiro atoms. The maximum absolute atomic E-state index is 12.5. The highest BCUT2D eigenvalue weighted by molar-refractivity contribution is 14.1. The first kappa shape index (κ1) is 22.1. The molecule has 2 amide bonds. The van der Waals surface area contributed by atoms with Gasteiger partial charge in [0.05, 0.1) is 49.8 Å². The van der Waals surface area contributed by atoms with Gasteiger partial charge in [-0.3, -0.25) is 9.59 Å². The number of nitrogens with one attached hydrogen (secondary N) is 2. The normalized spacial score (nSPS) is 10.8. The molecule has 0 aliphatic heterocycles. The summed E-state index contributed by atoms with van der Waals surface area (Å²) in [6.07, 6.45) is 0. The van der Waals surface area contributed by atoms with Crippen molar-refractivity contribution < 1.29 is 24.9 Å². The molecule has 0 saturated heterocycles. The maximum Gasteiger partial charge on any atom is 0.253 e. The van der Waals surface area contributed by atoms with Crippen LogP contribution in [0.5, 0.6) is 0 Å². The Bertz CT molecular complexity index is 638. The molecule has 0 unspecified atom stereocenters. The van der Waals surface area contributed by atoms with Crippen molar-refractivity contribution >= 4 is 85.3 Å². The molecule has 0 saturated carbocycles. The second kappa shape index (κ2) is 10.2. The van der Waals surface area contributed by atoms with Crippen molar-refractivity contribution in [2.75, 3.05) is 32.1 Å². The van der Waals surface area contributed by atoms with Gasteiger partial charge in [-0.2, -0.15) is 0 Å². The first-order valence-corrected chi connectivity index (χ1v) is 9.91. The molecule has 1 aromatic rings. The van der Waals surface area contributed by atoms with Crippen LogP contribution < -0.4 is 16.4 Å². The fraction of sp³-hybridized carbons (Fsp3) is 0.385. The summed E-state index contributed by atoms with van der Waals surface area (Å²) >= 11 is 5.74. The molecular formula is C13H16I3N3O5. The Labute approximate surface area is 179 Å². The monoisotopic (exact) mass is 675 g/mol. The Kier molecular flexibility index (Phi) is 9.42. The standard InChI is InChI=1S/C13H16I3N3O5/c14-8-6(12(23)18-1-2-20)9(15)11(17)10(16)7(8)13(24)19-5(3-21)4-22/h5,20-22H,1-4,17H2,(H,18,23)(H,19,24). The Hall–Kier alpha value is 0.0300. The van der Waals surface area contributed by atoms with Crippen LogP contribution >= 0.6 is 67.8 Å². The predicted octanol–water partition coefficient (Wildman–Crippen LogP) is -0.112. The minimum absolute atomic E-state index is 0.0789. The predicted molar refractivity (Wildman–Crippen MR) is 114 cm³/mol. The minimum Gasteiger partial charge on any atom is -0.397 e. The van der Waals surface area contributed by atoms with Crippen LogP contribution in [0.1, 0.15) is 20.7 Å². The molecule has 0 aliphatic rings. The summed E-state index contributed by atoms with van der Waals surface area (Å²) in [7, 11) is 0. The van der Waals surface area contributed by atoms with E-state index in [1.54, 1.807) is 0 Å². The lowest BCUT2D eigenvalue weighted by Gasteiger charge is -2.19. The van der Waals surface area contributed by atoms with Crippen molar-refractivity contribution in [1.29, 1.82) is 0 Å². The Morgan fingerprint density at radius 3 is 1.92 bits per heavy atom. The summed E-state index contributed by atoms with van der Waals surface area (Å²) in [5, 5.41) is 32.1. The number of hydrogen-bond acceptors (Lipinski definition) is 6.